The summed E-state index contributed by atoms with van der Waals surface area (Å²) >= 11 is 0. The Morgan fingerprint density at radius 2 is 1.40 bits per heavy atom. The van der Waals surface area contributed by atoms with Gasteiger partial charge in [0.25, 0.3) is 5.91 Å². The number of nitrogens with zero attached hydrogens (tertiary/aromatic N) is 1. The lowest BCUT2D eigenvalue weighted by Gasteiger charge is -2.20. The fraction of sp³-hybridized carbons (Fsp3) is 0.219. The molecular weight excluding hydrogens is 534 g/mol. The molecule has 216 valence electrons. The van der Waals surface area contributed by atoms with Crippen LogP contribution in [0.1, 0.15) is 27.3 Å². The van der Waals surface area contributed by atoms with Gasteiger partial charge in [0.05, 0.1) is 25.5 Å². The summed E-state index contributed by atoms with van der Waals surface area (Å²) in [4.78, 5) is 59.2. The van der Waals surface area contributed by atoms with Crippen LogP contribution < -0.4 is 16.0 Å². The van der Waals surface area contributed by atoms with E-state index in [1.807, 2.05) is 73.7 Å². The SMILES string of the molecule is COC(=O)[C@@H](Cc1ccccc1)NC(=O)CNC(=O)[C@H](Cc1ccccc1)NC(=O)c1ccccc1-c1cnc(C)[nH]1. The molecule has 10 nitrogen and oxygen atoms in total. The first-order chi connectivity index (χ1) is 20.3. The van der Waals surface area contributed by atoms with Crippen LogP contribution in [0, 0.1) is 6.92 Å². The van der Waals surface area contributed by atoms with Crippen molar-refractivity contribution >= 4 is 23.7 Å². The summed E-state index contributed by atoms with van der Waals surface area (Å²) in [5.74, 6) is -1.46. The number of nitrogens with one attached hydrogen (secondary N) is 4. The third-order valence-corrected chi connectivity index (χ3v) is 6.60. The molecule has 42 heavy (non-hydrogen) atoms. The van der Waals surface area contributed by atoms with Gasteiger partial charge in [-0.05, 0) is 24.1 Å². The molecule has 0 saturated heterocycles. The fourth-order valence-corrected chi connectivity index (χ4v) is 4.49. The zero-order valence-electron chi connectivity index (χ0n) is 23.4. The molecule has 0 bridgehead atoms. The molecule has 0 unspecified atom stereocenters. The van der Waals surface area contributed by atoms with Crippen molar-refractivity contribution in [2.45, 2.75) is 31.8 Å². The van der Waals surface area contributed by atoms with Crippen molar-refractivity contribution in [1.29, 1.82) is 0 Å². The number of imidazole rings is 1. The van der Waals surface area contributed by atoms with Crippen LogP contribution in [-0.4, -0.2) is 59.4 Å². The number of carbonyl (C=O) groups excluding carboxylic acids is 4. The molecule has 0 spiro atoms. The molecule has 0 saturated carbocycles. The van der Waals surface area contributed by atoms with Gasteiger partial charge in [0.15, 0.2) is 0 Å². The molecule has 1 heterocycles. The van der Waals surface area contributed by atoms with E-state index in [1.54, 1.807) is 24.4 Å². The Morgan fingerprint density at radius 3 is 2.00 bits per heavy atom. The predicted octanol–water partition coefficient (Wildman–Crippen LogP) is 2.74. The van der Waals surface area contributed by atoms with Gasteiger partial charge in [-0.15, -0.1) is 0 Å². The van der Waals surface area contributed by atoms with Crippen LogP contribution in [0.3, 0.4) is 0 Å². The molecule has 3 amide bonds. The van der Waals surface area contributed by atoms with Gasteiger partial charge in [-0.3, -0.25) is 14.4 Å². The number of rotatable bonds is 12. The molecule has 10 heteroatoms. The van der Waals surface area contributed by atoms with E-state index in [1.165, 1.54) is 7.11 Å². The summed E-state index contributed by atoms with van der Waals surface area (Å²) < 4.78 is 4.85. The van der Waals surface area contributed by atoms with Crippen molar-refractivity contribution in [3.8, 4) is 11.3 Å². The van der Waals surface area contributed by atoms with Crippen LogP contribution in [-0.2, 0) is 32.0 Å². The number of esters is 1. The van der Waals surface area contributed by atoms with Gasteiger partial charge in [-0.1, -0.05) is 78.9 Å². The minimum Gasteiger partial charge on any atom is -0.467 e. The molecule has 0 radical (unpaired) electrons. The third-order valence-electron chi connectivity index (χ3n) is 6.60. The van der Waals surface area contributed by atoms with Crippen LogP contribution in [0.4, 0.5) is 0 Å². The van der Waals surface area contributed by atoms with Gasteiger partial charge >= 0.3 is 5.97 Å². The molecular formula is C32H33N5O5. The second-order valence-corrected chi connectivity index (χ2v) is 9.69. The fourth-order valence-electron chi connectivity index (χ4n) is 4.49. The van der Waals surface area contributed by atoms with E-state index >= 15 is 0 Å². The van der Waals surface area contributed by atoms with Gasteiger partial charge in [0.2, 0.25) is 11.8 Å². The highest BCUT2D eigenvalue weighted by molar-refractivity contribution is 6.02. The molecule has 3 aromatic carbocycles. The summed E-state index contributed by atoms with van der Waals surface area (Å²) in [5.41, 5.74) is 3.35. The van der Waals surface area contributed by atoms with Crippen LogP contribution >= 0.6 is 0 Å². The zero-order chi connectivity index (χ0) is 29.9. The first-order valence-electron chi connectivity index (χ1n) is 13.5. The van der Waals surface area contributed by atoms with Crippen molar-refractivity contribution in [3.63, 3.8) is 0 Å². The Kier molecular flexibility index (Phi) is 10.2. The lowest BCUT2D eigenvalue weighted by molar-refractivity contribution is -0.145. The predicted molar refractivity (Wildman–Crippen MR) is 157 cm³/mol. The molecule has 0 fully saturated rings. The zero-order valence-corrected chi connectivity index (χ0v) is 23.4. The Labute approximate surface area is 243 Å². The maximum atomic E-state index is 13.5. The van der Waals surface area contributed by atoms with E-state index in [0.717, 1.165) is 11.1 Å². The minimum absolute atomic E-state index is 0.199. The van der Waals surface area contributed by atoms with Crippen LogP contribution in [0.25, 0.3) is 11.3 Å². The number of H-pyrrole nitrogens is 1. The topological polar surface area (TPSA) is 142 Å². The highest BCUT2D eigenvalue weighted by atomic mass is 16.5. The van der Waals surface area contributed by atoms with Gasteiger partial charge in [0, 0.05) is 24.0 Å². The standard InChI is InChI=1S/C32H33N5O5/c1-21-33-19-28(35-21)24-15-9-10-16-25(24)30(39)37-26(17-22-11-5-3-6-12-22)31(40)34-20-29(38)36-27(32(41)42-2)18-23-13-7-4-8-14-23/h3-16,19,26-27H,17-18,20H2,1-2H3,(H,33,35)(H,34,40)(H,36,38)(H,37,39)/t26-,27+/m0/s1. The highest BCUT2D eigenvalue weighted by Gasteiger charge is 2.26. The quantitative estimate of drug-likeness (QED) is 0.194. The summed E-state index contributed by atoms with van der Waals surface area (Å²) in [6.45, 7) is 1.42. The molecule has 4 rings (SSSR count). The number of amides is 3. The summed E-state index contributed by atoms with van der Waals surface area (Å²) in [6, 6.07) is 23.6. The Morgan fingerprint density at radius 1 is 0.810 bits per heavy atom. The van der Waals surface area contributed by atoms with Gasteiger partial charge in [-0.2, -0.15) is 0 Å². The molecule has 2 atom stereocenters. The Balaban J connectivity index is 1.45. The smallest absolute Gasteiger partial charge is 0.328 e. The minimum atomic E-state index is -0.981. The third kappa shape index (κ3) is 8.14. The van der Waals surface area contributed by atoms with Crippen molar-refractivity contribution in [2.24, 2.45) is 0 Å². The number of carbonyl (C=O) groups is 4. The van der Waals surface area contributed by atoms with Crippen molar-refractivity contribution in [1.82, 2.24) is 25.9 Å². The van der Waals surface area contributed by atoms with E-state index in [9.17, 15) is 19.2 Å². The average Bonchev–Trinajstić information content (AvgIpc) is 3.45. The van der Waals surface area contributed by atoms with E-state index < -0.39 is 42.3 Å². The highest BCUT2D eigenvalue weighted by Crippen LogP contribution is 2.22. The normalized spacial score (nSPS) is 12.0. The van der Waals surface area contributed by atoms with Crippen molar-refractivity contribution < 1.29 is 23.9 Å². The van der Waals surface area contributed by atoms with Crippen molar-refractivity contribution in [3.05, 3.63) is 114 Å². The second kappa shape index (κ2) is 14.4. The number of aromatic nitrogens is 2. The maximum absolute atomic E-state index is 13.5. The Hall–Kier alpha value is -5.25. The average molecular weight is 568 g/mol. The second-order valence-electron chi connectivity index (χ2n) is 9.69. The Bertz CT molecular complexity index is 1520. The molecule has 1 aromatic heterocycles. The lowest BCUT2D eigenvalue weighted by atomic mass is 10.0. The summed E-state index contributed by atoms with van der Waals surface area (Å²) in [6.07, 6.45) is 2.08. The number of aromatic amines is 1. The van der Waals surface area contributed by atoms with Crippen molar-refractivity contribution in [2.75, 3.05) is 13.7 Å². The lowest BCUT2D eigenvalue weighted by Crippen LogP contribution is -2.52. The number of hydrogen-bond donors (Lipinski definition) is 4. The number of ether oxygens (including phenoxy) is 1. The monoisotopic (exact) mass is 567 g/mol. The maximum Gasteiger partial charge on any atom is 0.328 e. The number of hydrogen-bond acceptors (Lipinski definition) is 6. The van der Waals surface area contributed by atoms with E-state index in [4.69, 9.17) is 4.74 Å². The first-order valence-corrected chi connectivity index (χ1v) is 13.5. The number of benzene rings is 3. The van der Waals surface area contributed by atoms with Gasteiger partial charge < -0.3 is 25.7 Å². The van der Waals surface area contributed by atoms with Crippen LogP contribution in [0.15, 0.2) is 91.1 Å². The van der Waals surface area contributed by atoms with E-state index in [-0.39, 0.29) is 12.8 Å². The van der Waals surface area contributed by atoms with E-state index in [2.05, 4.69) is 25.9 Å². The first kappa shape index (κ1) is 29.7. The summed E-state index contributed by atoms with van der Waals surface area (Å²) in [5, 5.41) is 8.06. The van der Waals surface area contributed by atoms with Crippen LogP contribution in [0.2, 0.25) is 0 Å². The summed E-state index contributed by atoms with van der Waals surface area (Å²) in [7, 11) is 1.25. The molecule has 0 aliphatic carbocycles. The number of aryl methyl sites for hydroxylation is 1. The van der Waals surface area contributed by atoms with Gasteiger partial charge in [-0.25, -0.2) is 9.78 Å². The number of methoxy groups -OCH3 is 1. The molecule has 4 N–H and O–H groups in total. The molecule has 0 aliphatic heterocycles. The molecule has 0 aliphatic rings. The van der Waals surface area contributed by atoms with E-state index in [0.29, 0.717) is 22.6 Å². The molecule has 4 aromatic rings. The van der Waals surface area contributed by atoms with Crippen LogP contribution in [0.5, 0.6) is 0 Å². The largest absolute Gasteiger partial charge is 0.467 e. The van der Waals surface area contributed by atoms with Gasteiger partial charge in [0.1, 0.15) is 17.9 Å².